The van der Waals surface area contributed by atoms with Crippen molar-refractivity contribution in [2.24, 2.45) is 0 Å². The number of aromatic nitrogens is 3. The Hall–Kier alpha value is -3.88. The van der Waals surface area contributed by atoms with E-state index in [9.17, 15) is 4.79 Å². The Morgan fingerprint density at radius 1 is 1.06 bits per heavy atom. The van der Waals surface area contributed by atoms with Gasteiger partial charge in [-0.1, -0.05) is 54.1 Å². The third-order valence-electron chi connectivity index (χ3n) is 5.48. The second-order valence-corrected chi connectivity index (χ2v) is 9.23. The van der Waals surface area contributed by atoms with E-state index in [1.54, 1.807) is 35.2 Å². The number of furan rings is 1. The number of nitrogens with zero attached hydrogens (tertiary/aromatic N) is 3. The number of nitrogens with one attached hydrogen (secondary N) is 2. The zero-order valence-corrected chi connectivity index (χ0v) is 21.3. The SMILES string of the molecule is O=C(/C=C/c1ccco1)NCc1ccc(CNc2cc(-c3ccccc3Cl)nc3c(Br)cnn23)cc1. The van der Waals surface area contributed by atoms with Crippen LogP contribution in [0.2, 0.25) is 5.02 Å². The predicted octanol–water partition coefficient (Wildman–Crippen LogP) is 6.35. The van der Waals surface area contributed by atoms with Crippen molar-refractivity contribution in [3.8, 4) is 11.3 Å². The van der Waals surface area contributed by atoms with Crippen molar-refractivity contribution in [3.63, 3.8) is 0 Å². The quantitative estimate of drug-likeness (QED) is 0.215. The summed E-state index contributed by atoms with van der Waals surface area (Å²) < 4.78 is 7.73. The first-order chi connectivity index (χ1) is 17.6. The van der Waals surface area contributed by atoms with Gasteiger partial charge in [0.15, 0.2) is 5.65 Å². The zero-order chi connectivity index (χ0) is 24.9. The molecular weight excluding hydrogens is 542 g/mol. The fourth-order valence-corrected chi connectivity index (χ4v) is 4.21. The third kappa shape index (κ3) is 5.50. The van der Waals surface area contributed by atoms with Crippen molar-refractivity contribution in [1.82, 2.24) is 19.9 Å². The van der Waals surface area contributed by atoms with Gasteiger partial charge in [0, 0.05) is 35.8 Å². The van der Waals surface area contributed by atoms with Crippen LogP contribution in [0.5, 0.6) is 0 Å². The summed E-state index contributed by atoms with van der Waals surface area (Å²) in [7, 11) is 0. The van der Waals surface area contributed by atoms with Gasteiger partial charge < -0.3 is 15.1 Å². The van der Waals surface area contributed by atoms with E-state index in [-0.39, 0.29) is 5.91 Å². The lowest BCUT2D eigenvalue weighted by Gasteiger charge is -2.12. The number of anilines is 1. The zero-order valence-electron chi connectivity index (χ0n) is 19.0. The highest BCUT2D eigenvalue weighted by Gasteiger charge is 2.13. The van der Waals surface area contributed by atoms with Crippen LogP contribution < -0.4 is 10.6 Å². The topological polar surface area (TPSA) is 84.5 Å². The minimum Gasteiger partial charge on any atom is -0.465 e. The van der Waals surface area contributed by atoms with Crippen LogP contribution in [0.1, 0.15) is 16.9 Å². The van der Waals surface area contributed by atoms with Crippen LogP contribution in [0.25, 0.3) is 23.0 Å². The number of carbonyl (C=O) groups excluding carboxylic acids is 1. The lowest BCUT2D eigenvalue weighted by Crippen LogP contribution is -2.20. The van der Waals surface area contributed by atoms with Crippen LogP contribution >= 0.6 is 27.5 Å². The maximum Gasteiger partial charge on any atom is 0.244 e. The lowest BCUT2D eigenvalue weighted by molar-refractivity contribution is -0.116. The molecule has 0 unspecified atom stereocenters. The van der Waals surface area contributed by atoms with Gasteiger partial charge in [-0.2, -0.15) is 9.61 Å². The molecule has 0 radical (unpaired) electrons. The molecule has 2 aromatic carbocycles. The van der Waals surface area contributed by atoms with Crippen LogP contribution in [-0.2, 0) is 17.9 Å². The van der Waals surface area contributed by atoms with Crippen molar-refractivity contribution in [2.45, 2.75) is 13.1 Å². The van der Waals surface area contributed by atoms with E-state index in [0.717, 1.165) is 32.7 Å². The number of rotatable bonds is 8. The second-order valence-electron chi connectivity index (χ2n) is 7.97. The van der Waals surface area contributed by atoms with Crippen LogP contribution in [0.15, 0.2) is 94.2 Å². The van der Waals surface area contributed by atoms with E-state index in [1.807, 2.05) is 54.6 Å². The average Bonchev–Trinajstić information content (AvgIpc) is 3.56. The minimum atomic E-state index is -0.182. The fraction of sp³-hybridized carbons (Fsp3) is 0.0741. The Morgan fingerprint density at radius 2 is 1.83 bits per heavy atom. The number of hydrogen-bond donors (Lipinski definition) is 2. The molecule has 1 amide bonds. The Morgan fingerprint density at radius 3 is 2.58 bits per heavy atom. The number of benzene rings is 2. The summed E-state index contributed by atoms with van der Waals surface area (Å²) in [5.74, 6) is 1.24. The van der Waals surface area contributed by atoms with Crippen molar-refractivity contribution in [3.05, 3.63) is 112 Å². The van der Waals surface area contributed by atoms with Gasteiger partial charge in [-0.05, 0) is 51.3 Å². The maximum absolute atomic E-state index is 12.0. The van der Waals surface area contributed by atoms with E-state index >= 15 is 0 Å². The summed E-state index contributed by atoms with van der Waals surface area (Å²) in [6, 6.07) is 21.2. The van der Waals surface area contributed by atoms with Crippen LogP contribution in [-0.4, -0.2) is 20.5 Å². The maximum atomic E-state index is 12.0. The van der Waals surface area contributed by atoms with Crippen LogP contribution in [0.3, 0.4) is 0 Å². The fourth-order valence-electron chi connectivity index (χ4n) is 3.63. The van der Waals surface area contributed by atoms with E-state index < -0.39 is 0 Å². The molecule has 0 saturated heterocycles. The Bertz CT molecular complexity index is 1530. The molecule has 9 heteroatoms. The molecule has 36 heavy (non-hydrogen) atoms. The van der Waals surface area contributed by atoms with Crippen LogP contribution in [0, 0.1) is 0 Å². The Labute approximate surface area is 220 Å². The molecule has 0 saturated carbocycles. The summed E-state index contributed by atoms with van der Waals surface area (Å²) in [4.78, 5) is 16.8. The molecule has 5 rings (SSSR count). The number of halogens is 2. The van der Waals surface area contributed by atoms with Gasteiger partial charge in [0.25, 0.3) is 0 Å². The number of fused-ring (bicyclic) bond motifs is 1. The highest BCUT2D eigenvalue weighted by atomic mass is 79.9. The highest BCUT2D eigenvalue weighted by Crippen LogP contribution is 2.30. The number of carbonyl (C=O) groups is 1. The monoisotopic (exact) mass is 561 g/mol. The van der Waals surface area contributed by atoms with E-state index in [4.69, 9.17) is 21.0 Å². The van der Waals surface area contributed by atoms with Gasteiger partial charge >= 0.3 is 0 Å². The van der Waals surface area contributed by atoms with E-state index in [0.29, 0.717) is 29.5 Å². The summed E-state index contributed by atoms with van der Waals surface area (Å²) in [5, 5.41) is 11.4. The summed E-state index contributed by atoms with van der Waals surface area (Å²) in [6.07, 6.45) is 6.38. The summed E-state index contributed by atoms with van der Waals surface area (Å²) in [6.45, 7) is 1.01. The molecule has 2 N–H and O–H groups in total. The molecular formula is C27H21BrClN5O2. The van der Waals surface area contributed by atoms with Crippen molar-refractivity contribution in [1.29, 1.82) is 0 Å². The minimum absolute atomic E-state index is 0.182. The van der Waals surface area contributed by atoms with Crippen molar-refractivity contribution >= 4 is 51.0 Å². The van der Waals surface area contributed by atoms with E-state index in [2.05, 4.69) is 31.7 Å². The summed E-state index contributed by atoms with van der Waals surface area (Å²) >= 11 is 9.95. The predicted molar refractivity (Wildman–Crippen MR) is 144 cm³/mol. The normalized spacial score (nSPS) is 11.3. The molecule has 7 nitrogen and oxygen atoms in total. The molecule has 3 heterocycles. The van der Waals surface area contributed by atoms with Gasteiger partial charge in [-0.15, -0.1) is 0 Å². The third-order valence-corrected chi connectivity index (χ3v) is 6.37. The van der Waals surface area contributed by atoms with Crippen LogP contribution in [0.4, 0.5) is 5.82 Å². The van der Waals surface area contributed by atoms with Crippen molar-refractivity contribution < 1.29 is 9.21 Å². The molecule has 0 aliphatic rings. The van der Waals surface area contributed by atoms with Gasteiger partial charge in [-0.25, -0.2) is 4.98 Å². The van der Waals surface area contributed by atoms with E-state index in [1.165, 1.54) is 6.08 Å². The molecule has 0 spiro atoms. The lowest BCUT2D eigenvalue weighted by atomic mass is 10.1. The molecule has 3 aromatic heterocycles. The summed E-state index contributed by atoms with van der Waals surface area (Å²) in [5.41, 5.74) is 4.38. The van der Waals surface area contributed by atoms with Gasteiger partial charge in [0.1, 0.15) is 11.6 Å². The first-order valence-corrected chi connectivity index (χ1v) is 12.3. The smallest absolute Gasteiger partial charge is 0.244 e. The Kier molecular flexibility index (Phi) is 7.16. The molecule has 5 aromatic rings. The van der Waals surface area contributed by atoms with Gasteiger partial charge in [0.05, 0.1) is 22.6 Å². The molecule has 0 bridgehead atoms. The number of amides is 1. The standard InChI is InChI=1S/C27H21BrClN5O2/c28-22-17-32-34-25(14-24(33-27(22)34)21-5-1-2-6-23(21)29)30-15-18-7-9-19(10-8-18)16-31-26(35)12-11-20-4-3-13-36-20/h1-14,17,30H,15-16H2,(H,31,35)/b12-11+. The average molecular weight is 563 g/mol. The number of hydrogen-bond acceptors (Lipinski definition) is 5. The first kappa shape index (κ1) is 23.8. The van der Waals surface area contributed by atoms with Gasteiger partial charge in [0.2, 0.25) is 5.91 Å². The molecule has 180 valence electrons. The molecule has 0 atom stereocenters. The van der Waals surface area contributed by atoms with Crippen molar-refractivity contribution in [2.75, 3.05) is 5.32 Å². The Balaban J connectivity index is 1.25. The highest BCUT2D eigenvalue weighted by molar-refractivity contribution is 9.10. The molecule has 0 fully saturated rings. The van der Waals surface area contributed by atoms with Gasteiger partial charge in [-0.3, -0.25) is 4.79 Å². The second kappa shape index (κ2) is 10.8. The largest absolute Gasteiger partial charge is 0.465 e. The first-order valence-electron chi connectivity index (χ1n) is 11.2. The molecule has 0 aliphatic carbocycles. The molecule has 0 aliphatic heterocycles.